The highest BCUT2D eigenvalue weighted by molar-refractivity contribution is 5.96. The molecule has 1 saturated carbocycles. The second-order valence-corrected chi connectivity index (χ2v) is 11.0. The maximum atomic E-state index is 13.5. The van der Waals surface area contributed by atoms with E-state index >= 15 is 0 Å². The topological polar surface area (TPSA) is 101 Å². The van der Waals surface area contributed by atoms with Gasteiger partial charge in [0.15, 0.2) is 0 Å². The van der Waals surface area contributed by atoms with E-state index in [1.165, 1.54) is 12.6 Å². The summed E-state index contributed by atoms with van der Waals surface area (Å²) >= 11 is 0. The third-order valence-corrected chi connectivity index (χ3v) is 8.41. The number of likely N-dealkylation sites (tertiary alicyclic amines) is 1. The summed E-state index contributed by atoms with van der Waals surface area (Å²) < 4.78 is 7.00. The number of aryl methyl sites for hydroxylation is 1. The van der Waals surface area contributed by atoms with E-state index in [4.69, 9.17) is 4.52 Å². The number of amides is 1. The van der Waals surface area contributed by atoms with Gasteiger partial charge in [-0.25, -0.2) is 9.48 Å². The van der Waals surface area contributed by atoms with Crippen molar-refractivity contribution in [1.82, 2.24) is 19.8 Å². The van der Waals surface area contributed by atoms with Crippen molar-refractivity contribution in [3.05, 3.63) is 89.1 Å². The average molecular weight is 539 g/mol. The molecule has 2 aliphatic rings. The van der Waals surface area contributed by atoms with Crippen molar-refractivity contribution in [3.63, 3.8) is 0 Å². The third kappa shape index (κ3) is 4.83. The molecule has 0 bridgehead atoms. The second kappa shape index (κ2) is 10.8. The van der Waals surface area contributed by atoms with E-state index in [2.05, 4.69) is 22.1 Å². The molecule has 6 rings (SSSR count). The van der Waals surface area contributed by atoms with Gasteiger partial charge in [0.2, 0.25) is 0 Å². The summed E-state index contributed by atoms with van der Waals surface area (Å²) in [5.74, 6) is 0.0298. The Balaban J connectivity index is 1.31. The highest BCUT2D eigenvalue weighted by Gasteiger charge is 2.46. The number of carboxylic acid groups (broad SMARTS) is 1. The first-order valence-electron chi connectivity index (χ1n) is 14.2. The number of hydrogen-bond donors (Lipinski definition) is 1. The summed E-state index contributed by atoms with van der Waals surface area (Å²) in [7, 11) is 0. The Hall–Kier alpha value is -4.20. The molecule has 2 aromatic heterocycles. The van der Waals surface area contributed by atoms with Gasteiger partial charge in [0.1, 0.15) is 11.3 Å². The second-order valence-electron chi connectivity index (χ2n) is 11.0. The molecule has 0 radical (unpaired) electrons. The van der Waals surface area contributed by atoms with Crippen LogP contribution in [0.2, 0.25) is 0 Å². The predicted octanol–water partition coefficient (Wildman–Crippen LogP) is 6.60. The first-order chi connectivity index (χ1) is 19.5. The van der Waals surface area contributed by atoms with E-state index in [-0.39, 0.29) is 23.3 Å². The molecule has 1 amide bonds. The molecule has 2 fully saturated rings. The number of aromatic carboxylic acids is 1. The van der Waals surface area contributed by atoms with Crippen molar-refractivity contribution in [3.8, 4) is 16.8 Å². The summed E-state index contributed by atoms with van der Waals surface area (Å²) in [4.78, 5) is 27.7. The molecule has 4 aromatic rings. The Morgan fingerprint density at radius 1 is 1.05 bits per heavy atom. The van der Waals surface area contributed by atoms with E-state index in [9.17, 15) is 14.7 Å². The van der Waals surface area contributed by atoms with Crippen LogP contribution in [0.4, 0.5) is 0 Å². The zero-order valence-electron chi connectivity index (χ0n) is 22.9. The van der Waals surface area contributed by atoms with Gasteiger partial charge in [-0.2, -0.15) is 5.10 Å². The maximum Gasteiger partial charge on any atom is 0.339 e. The Bertz CT molecular complexity index is 1550. The number of carbonyl (C=O) groups is 2. The number of aromatic nitrogens is 3. The van der Waals surface area contributed by atoms with E-state index in [0.717, 1.165) is 66.8 Å². The van der Waals surface area contributed by atoms with Crippen molar-refractivity contribution < 1.29 is 19.2 Å². The minimum atomic E-state index is -0.990. The van der Waals surface area contributed by atoms with Gasteiger partial charge in [-0.15, -0.1) is 0 Å². The van der Waals surface area contributed by atoms with Gasteiger partial charge in [0.05, 0.1) is 23.8 Å². The van der Waals surface area contributed by atoms with Gasteiger partial charge in [0.25, 0.3) is 5.91 Å². The summed E-state index contributed by atoms with van der Waals surface area (Å²) in [5, 5.41) is 18.3. The summed E-state index contributed by atoms with van der Waals surface area (Å²) in [6.45, 7) is 4.87. The molecule has 3 atom stereocenters. The number of nitrogens with zero attached hydrogens (tertiary/aromatic N) is 4. The number of rotatable bonds is 8. The molecule has 8 heteroatoms. The summed E-state index contributed by atoms with van der Waals surface area (Å²) in [5.41, 5.74) is 5.27. The van der Waals surface area contributed by atoms with Gasteiger partial charge in [0, 0.05) is 29.6 Å². The van der Waals surface area contributed by atoms with E-state index in [1.807, 2.05) is 55.5 Å². The molecule has 3 unspecified atom stereocenters. The van der Waals surface area contributed by atoms with Crippen molar-refractivity contribution in [1.29, 1.82) is 0 Å². The van der Waals surface area contributed by atoms with Crippen LogP contribution in [0.25, 0.3) is 16.8 Å². The lowest BCUT2D eigenvalue weighted by molar-refractivity contribution is 0.0600. The first kappa shape index (κ1) is 26.0. The van der Waals surface area contributed by atoms with Crippen LogP contribution in [-0.2, 0) is 0 Å². The molecule has 40 heavy (non-hydrogen) atoms. The van der Waals surface area contributed by atoms with Crippen LogP contribution >= 0.6 is 0 Å². The SMILES string of the molecule is CCCC1CCCCN1C(=O)c1cccc(-c2cccc(-n3ncc(C(=O)O)c3C3CC3c3cnoc3C)c2)c1. The highest BCUT2D eigenvalue weighted by Crippen LogP contribution is 2.56. The molecule has 8 nitrogen and oxygen atoms in total. The molecule has 1 aliphatic carbocycles. The number of benzene rings is 2. The van der Waals surface area contributed by atoms with Crippen LogP contribution in [0.5, 0.6) is 0 Å². The molecule has 1 saturated heterocycles. The zero-order valence-corrected chi connectivity index (χ0v) is 22.9. The highest BCUT2D eigenvalue weighted by atomic mass is 16.5. The molecule has 0 spiro atoms. The molecular weight excluding hydrogens is 504 g/mol. The Morgan fingerprint density at radius 3 is 2.60 bits per heavy atom. The molecule has 2 aromatic carbocycles. The predicted molar refractivity (Wildman–Crippen MR) is 151 cm³/mol. The average Bonchev–Trinajstić information content (AvgIpc) is 3.40. The van der Waals surface area contributed by atoms with Crippen LogP contribution in [0.1, 0.15) is 95.0 Å². The van der Waals surface area contributed by atoms with Crippen molar-refractivity contribution in [2.45, 2.75) is 70.3 Å². The molecular formula is C32H34N4O4. The third-order valence-electron chi connectivity index (χ3n) is 8.41. The Kier molecular flexibility index (Phi) is 7.00. The van der Waals surface area contributed by atoms with Gasteiger partial charge < -0.3 is 14.5 Å². The van der Waals surface area contributed by atoms with Crippen LogP contribution in [0.15, 0.2) is 65.4 Å². The minimum Gasteiger partial charge on any atom is -0.478 e. The monoisotopic (exact) mass is 538 g/mol. The molecule has 206 valence electrons. The standard InChI is InChI=1S/C32H34N4O4/c1-3-8-24-12-4-5-14-35(24)31(37)23-11-6-9-21(15-23)22-10-7-13-25(16-22)36-30(29(18-33-36)32(38)39)27-17-26(27)28-19-34-40-20(28)2/h6-7,9-11,13,15-16,18-19,24,26-27H,3-5,8,12,14,17H2,1-2H3,(H,38,39). The maximum absolute atomic E-state index is 13.5. The smallest absolute Gasteiger partial charge is 0.339 e. The number of carbonyl (C=O) groups excluding carboxylic acids is 1. The van der Waals surface area contributed by atoms with Gasteiger partial charge >= 0.3 is 5.97 Å². The van der Waals surface area contributed by atoms with Crippen LogP contribution in [-0.4, -0.2) is 49.4 Å². The van der Waals surface area contributed by atoms with Crippen LogP contribution in [0, 0.1) is 6.92 Å². The first-order valence-corrected chi connectivity index (χ1v) is 14.2. The Morgan fingerprint density at radius 2 is 1.85 bits per heavy atom. The fourth-order valence-corrected chi connectivity index (χ4v) is 6.30. The fourth-order valence-electron chi connectivity index (χ4n) is 6.30. The normalized spacial score (nSPS) is 20.4. The van der Waals surface area contributed by atoms with Gasteiger partial charge in [-0.05, 0) is 80.3 Å². The van der Waals surface area contributed by atoms with Gasteiger partial charge in [-0.1, -0.05) is 42.8 Å². The number of carboxylic acids is 1. The van der Waals surface area contributed by atoms with Gasteiger partial charge in [-0.3, -0.25) is 4.79 Å². The van der Waals surface area contributed by atoms with E-state index < -0.39 is 5.97 Å². The quantitative estimate of drug-likeness (QED) is 0.271. The number of hydrogen-bond acceptors (Lipinski definition) is 5. The summed E-state index contributed by atoms with van der Waals surface area (Å²) in [6, 6.07) is 16.0. The lowest BCUT2D eigenvalue weighted by atomic mass is 9.96. The van der Waals surface area contributed by atoms with E-state index in [0.29, 0.717) is 17.3 Å². The molecule has 1 aliphatic heterocycles. The lowest BCUT2D eigenvalue weighted by Gasteiger charge is -2.36. The molecule has 1 N–H and O–H groups in total. The largest absolute Gasteiger partial charge is 0.478 e. The number of piperidine rings is 1. The van der Waals surface area contributed by atoms with Crippen molar-refractivity contribution >= 4 is 11.9 Å². The zero-order chi connectivity index (χ0) is 27.8. The van der Waals surface area contributed by atoms with Crippen molar-refractivity contribution in [2.75, 3.05) is 6.54 Å². The minimum absolute atomic E-state index is 0.0110. The Labute approximate surface area is 233 Å². The van der Waals surface area contributed by atoms with Crippen LogP contribution in [0.3, 0.4) is 0 Å². The van der Waals surface area contributed by atoms with Crippen LogP contribution < -0.4 is 0 Å². The summed E-state index contributed by atoms with van der Waals surface area (Å²) in [6.07, 6.45) is 9.39. The van der Waals surface area contributed by atoms with Crippen molar-refractivity contribution in [2.24, 2.45) is 0 Å². The van der Waals surface area contributed by atoms with E-state index in [1.54, 1.807) is 10.9 Å². The fraction of sp³-hybridized carbons (Fsp3) is 0.375. The lowest BCUT2D eigenvalue weighted by Crippen LogP contribution is -2.43. The molecule has 3 heterocycles.